The standard InChI is InChI=1S/C20H26FN9O10P2S/c21-12-9-3-36-41(33,34)37-4-11-14(31)15(18(39-11)30-7-26-13-16(30)28-19(22)29-17(13)32)40-42(35,43)38-2-8(9)1-10(12)27-20-24-5-23-6-25-20/h5-12,14-15,18,31H,1-4H2,(H,33,34)(H,35,43)(H3,22,28,29,32)(H,23,24,25,27)/t8-,9-,10-,11-,12-,14-,15-,18-,42?/m1/s1. The fourth-order valence-corrected chi connectivity index (χ4v) is 7.58. The molecule has 23 heteroatoms. The van der Waals surface area contributed by atoms with Crippen molar-refractivity contribution < 1.29 is 46.4 Å². The molecule has 10 atom stereocenters. The predicted molar refractivity (Wildman–Crippen MR) is 145 cm³/mol. The van der Waals surface area contributed by atoms with Crippen LogP contribution in [-0.2, 0) is 32.0 Å². The number of hydrogen-bond acceptors (Lipinski definition) is 16. The lowest BCUT2D eigenvalue weighted by Crippen LogP contribution is -2.35. The third kappa shape index (κ3) is 6.32. The third-order valence-electron chi connectivity index (χ3n) is 7.34. The van der Waals surface area contributed by atoms with Gasteiger partial charge in [-0.1, -0.05) is 12.2 Å². The van der Waals surface area contributed by atoms with Crippen LogP contribution < -0.4 is 16.6 Å². The van der Waals surface area contributed by atoms with Crippen molar-refractivity contribution in [2.75, 3.05) is 30.9 Å². The van der Waals surface area contributed by atoms with Crippen LogP contribution >= 0.6 is 26.9 Å². The highest BCUT2D eigenvalue weighted by Gasteiger charge is 2.51. The lowest BCUT2D eigenvalue weighted by atomic mass is 9.97. The largest absolute Gasteiger partial charge is 0.472 e. The number of imidazole rings is 1. The molecule has 43 heavy (non-hydrogen) atoms. The highest BCUT2D eigenvalue weighted by molar-refractivity contribution is 8.44. The van der Waals surface area contributed by atoms with Gasteiger partial charge in [-0.25, -0.2) is 33.5 Å². The SMILES string of the molecule is Nc1nc2c(ncn2[C@@H]2O[C@@H]3COP(=O)(O)OC[C@@H]4[C@@H](COP(=O)(S)O[C@@H]2[C@@H]3O)C[C@@H](Nc2ncncn2)[C@@H]4F)c(=O)[nH]1. The number of thiol groups is 1. The van der Waals surface area contributed by atoms with E-state index in [1.807, 2.05) is 0 Å². The Morgan fingerprint density at radius 2 is 1.91 bits per heavy atom. The Kier molecular flexibility index (Phi) is 8.31. The van der Waals surface area contributed by atoms with Gasteiger partial charge in [0.05, 0.1) is 32.2 Å². The summed E-state index contributed by atoms with van der Waals surface area (Å²) < 4.78 is 70.2. The van der Waals surface area contributed by atoms with E-state index >= 15 is 4.39 Å². The van der Waals surface area contributed by atoms with Gasteiger partial charge in [-0.05, 0) is 12.3 Å². The van der Waals surface area contributed by atoms with Crippen molar-refractivity contribution in [1.82, 2.24) is 34.5 Å². The van der Waals surface area contributed by atoms with E-state index in [-0.39, 0.29) is 36.1 Å². The molecule has 0 aromatic carbocycles. The maximum Gasteiger partial charge on any atom is 0.472 e. The minimum Gasteiger partial charge on any atom is -0.387 e. The number of nitrogens with one attached hydrogen (secondary N) is 2. The average Bonchev–Trinajstić information content (AvgIpc) is 3.59. The van der Waals surface area contributed by atoms with Crippen molar-refractivity contribution >= 4 is 49.9 Å². The molecule has 1 aliphatic carbocycles. The van der Waals surface area contributed by atoms with Gasteiger partial charge >= 0.3 is 14.6 Å². The van der Waals surface area contributed by atoms with Crippen LogP contribution in [0.5, 0.6) is 0 Å². The molecule has 5 heterocycles. The first-order valence-electron chi connectivity index (χ1n) is 12.8. The molecule has 19 nitrogen and oxygen atoms in total. The number of halogens is 1. The number of hydrogen-bond donors (Lipinski definition) is 6. The number of ether oxygens (including phenoxy) is 1. The van der Waals surface area contributed by atoms with Gasteiger partial charge in [0.15, 0.2) is 17.4 Å². The number of aromatic nitrogens is 7. The second-order valence-corrected chi connectivity index (χ2v) is 14.4. The molecule has 1 saturated carbocycles. The topological polar surface area (TPSA) is 261 Å². The van der Waals surface area contributed by atoms with Crippen LogP contribution in [0.2, 0.25) is 0 Å². The molecule has 234 valence electrons. The molecule has 0 spiro atoms. The Morgan fingerprint density at radius 3 is 2.67 bits per heavy atom. The Bertz CT molecular complexity index is 1640. The molecule has 2 aliphatic heterocycles. The van der Waals surface area contributed by atoms with Gasteiger partial charge in [0.1, 0.15) is 37.1 Å². The van der Waals surface area contributed by atoms with Crippen molar-refractivity contribution in [3.8, 4) is 0 Å². The molecule has 3 fully saturated rings. The van der Waals surface area contributed by atoms with Crippen LogP contribution in [0.25, 0.3) is 11.2 Å². The summed E-state index contributed by atoms with van der Waals surface area (Å²) in [5, 5.41) is 13.9. The maximum atomic E-state index is 15.6. The van der Waals surface area contributed by atoms with Crippen LogP contribution in [0.1, 0.15) is 12.6 Å². The van der Waals surface area contributed by atoms with Crippen molar-refractivity contribution in [1.29, 1.82) is 0 Å². The van der Waals surface area contributed by atoms with Crippen LogP contribution in [0, 0.1) is 11.8 Å². The Hall–Kier alpha value is -2.58. The zero-order chi connectivity index (χ0) is 30.5. The second kappa shape index (κ2) is 11.7. The fraction of sp³-hybridized carbons (Fsp3) is 0.600. The number of fused-ring (bicyclic) bond motifs is 4. The lowest BCUT2D eigenvalue weighted by molar-refractivity contribution is -0.0497. The molecule has 3 aromatic heterocycles. The molecular weight excluding hydrogens is 639 g/mol. The summed E-state index contributed by atoms with van der Waals surface area (Å²) in [5.41, 5.74) is 4.84. The van der Waals surface area contributed by atoms with E-state index in [4.69, 9.17) is 28.6 Å². The Balaban J connectivity index is 1.29. The number of nitrogens with zero attached hydrogens (tertiary/aromatic N) is 6. The maximum absolute atomic E-state index is 15.6. The predicted octanol–water partition coefficient (Wildman–Crippen LogP) is 0.187. The van der Waals surface area contributed by atoms with Crippen LogP contribution in [-0.4, -0.2) is 94.8 Å². The van der Waals surface area contributed by atoms with Gasteiger partial charge in [0.25, 0.3) is 5.56 Å². The van der Waals surface area contributed by atoms with Gasteiger partial charge in [-0.15, -0.1) is 0 Å². The minimum absolute atomic E-state index is 0.0582. The number of phosphoric acid groups is 1. The van der Waals surface area contributed by atoms with Crippen LogP contribution in [0.15, 0.2) is 23.8 Å². The molecule has 3 aliphatic rings. The first kappa shape index (κ1) is 30.4. The van der Waals surface area contributed by atoms with Crippen LogP contribution in [0.4, 0.5) is 16.3 Å². The summed E-state index contributed by atoms with van der Waals surface area (Å²) in [7, 11) is -4.80. The summed E-state index contributed by atoms with van der Waals surface area (Å²) >= 11 is 4.07. The van der Waals surface area contributed by atoms with Gasteiger partial charge < -0.3 is 30.3 Å². The van der Waals surface area contributed by atoms with E-state index in [2.05, 4.69) is 47.5 Å². The first-order valence-corrected chi connectivity index (χ1v) is 17.0. The van der Waals surface area contributed by atoms with Crippen molar-refractivity contribution in [3.05, 3.63) is 29.3 Å². The number of rotatable bonds is 3. The summed E-state index contributed by atoms with van der Waals surface area (Å²) in [5.74, 6) is -1.87. The number of H-pyrrole nitrogens is 1. The zero-order valence-electron chi connectivity index (χ0n) is 21.8. The van der Waals surface area contributed by atoms with Gasteiger partial charge in [-0.3, -0.25) is 27.9 Å². The zero-order valence-corrected chi connectivity index (χ0v) is 24.5. The normalized spacial score (nSPS) is 38.9. The lowest BCUT2D eigenvalue weighted by Gasteiger charge is -2.27. The van der Waals surface area contributed by atoms with E-state index in [1.54, 1.807) is 0 Å². The second-order valence-electron chi connectivity index (χ2n) is 10.0. The van der Waals surface area contributed by atoms with Gasteiger partial charge in [0, 0.05) is 5.92 Å². The Labute approximate surface area is 246 Å². The van der Waals surface area contributed by atoms with Crippen molar-refractivity contribution in [3.63, 3.8) is 0 Å². The molecule has 6 rings (SSSR count). The first-order chi connectivity index (χ1) is 20.4. The molecule has 2 saturated heterocycles. The molecule has 0 radical (unpaired) electrons. The number of aliphatic hydroxyl groups is 1. The molecule has 0 amide bonds. The highest BCUT2D eigenvalue weighted by atomic mass is 32.7. The number of alkyl halides is 1. The van der Waals surface area contributed by atoms with Crippen LogP contribution in [0.3, 0.4) is 0 Å². The summed E-state index contributed by atoms with van der Waals surface area (Å²) in [6.45, 7) is -5.95. The molecule has 3 aromatic rings. The van der Waals surface area contributed by atoms with Gasteiger partial charge in [-0.2, -0.15) is 4.98 Å². The highest BCUT2D eigenvalue weighted by Crippen LogP contribution is 2.58. The summed E-state index contributed by atoms with van der Waals surface area (Å²) in [4.78, 5) is 44.5. The van der Waals surface area contributed by atoms with Crippen molar-refractivity contribution in [2.45, 2.75) is 43.2 Å². The summed E-state index contributed by atoms with van der Waals surface area (Å²) in [6, 6.07) is -0.868. The monoisotopic (exact) mass is 665 g/mol. The molecule has 2 unspecified atom stereocenters. The van der Waals surface area contributed by atoms with E-state index < -0.39 is 82.0 Å². The number of phosphoric ester groups is 1. The number of nitrogen functional groups attached to an aromatic ring is 1. The average molecular weight is 665 g/mol. The van der Waals surface area contributed by atoms with Gasteiger partial charge in [0.2, 0.25) is 11.9 Å². The quantitative estimate of drug-likeness (QED) is 0.161. The molecule has 2 bridgehead atoms. The van der Waals surface area contributed by atoms with E-state index in [0.29, 0.717) is 0 Å². The molecular formula is C20H26FN9O10P2S. The third-order valence-corrected chi connectivity index (χ3v) is 9.90. The number of nitrogens with two attached hydrogens (primary N) is 1. The number of aliphatic hydroxyl groups excluding tert-OH is 1. The Morgan fingerprint density at radius 1 is 1.16 bits per heavy atom. The van der Waals surface area contributed by atoms with E-state index in [9.17, 15) is 23.9 Å². The summed E-state index contributed by atoms with van der Waals surface area (Å²) in [6.07, 6.45) is -3.79. The number of aromatic amines is 1. The number of anilines is 2. The minimum atomic E-state index is -4.80. The van der Waals surface area contributed by atoms with Crippen molar-refractivity contribution in [2.24, 2.45) is 11.8 Å². The smallest absolute Gasteiger partial charge is 0.387 e. The van der Waals surface area contributed by atoms with E-state index in [1.165, 1.54) is 17.2 Å². The molecule has 6 N–H and O–H groups in total. The fourth-order valence-electron chi connectivity index (χ4n) is 5.31. The van der Waals surface area contributed by atoms with E-state index in [0.717, 1.165) is 6.33 Å².